The summed E-state index contributed by atoms with van der Waals surface area (Å²) in [5, 5.41) is 7.05. The number of aryl methyl sites for hydroxylation is 1. The van der Waals surface area contributed by atoms with Crippen LogP contribution in [0, 0.1) is 13.8 Å². The zero-order valence-electron chi connectivity index (χ0n) is 17.4. The Labute approximate surface area is 190 Å². The van der Waals surface area contributed by atoms with E-state index in [1.165, 1.54) is 0 Å². The fourth-order valence-corrected chi connectivity index (χ4v) is 4.67. The van der Waals surface area contributed by atoms with Crippen LogP contribution in [0.2, 0.25) is 0 Å². The van der Waals surface area contributed by atoms with E-state index in [2.05, 4.69) is 16.7 Å². The SMILES string of the molecule is COc1c(C)cccc1C(=O)NC(=S)Nc1cccc(-c2nc3ccccc3s2)c1C. The molecule has 1 aromatic heterocycles. The van der Waals surface area contributed by atoms with Crippen LogP contribution in [0.5, 0.6) is 5.75 Å². The largest absolute Gasteiger partial charge is 0.496 e. The summed E-state index contributed by atoms with van der Waals surface area (Å²) in [6.45, 7) is 3.90. The van der Waals surface area contributed by atoms with Crippen molar-refractivity contribution in [2.24, 2.45) is 0 Å². The Bertz CT molecular complexity index is 1260. The molecule has 4 rings (SSSR count). The minimum atomic E-state index is -0.321. The number of carbonyl (C=O) groups excluding carboxylic acids is 1. The molecule has 31 heavy (non-hydrogen) atoms. The van der Waals surface area contributed by atoms with E-state index < -0.39 is 0 Å². The first kappa shape index (κ1) is 21.0. The third-order valence-electron chi connectivity index (χ3n) is 4.99. The lowest BCUT2D eigenvalue weighted by atomic mass is 10.1. The van der Waals surface area contributed by atoms with Crippen molar-refractivity contribution in [2.75, 3.05) is 12.4 Å². The van der Waals surface area contributed by atoms with Crippen molar-refractivity contribution in [1.82, 2.24) is 10.3 Å². The lowest BCUT2D eigenvalue weighted by Crippen LogP contribution is -2.34. The monoisotopic (exact) mass is 447 g/mol. The van der Waals surface area contributed by atoms with Gasteiger partial charge in [0.25, 0.3) is 5.91 Å². The van der Waals surface area contributed by atoms with E-state index in [0.717, 1.165) is 37.6 Å². The molecule has 0 aliphatic carbocycles. The van der Waals surface area contributed by atoms with Gasteiger partial charge in [0.15, 0.2) is 5.11 Å². The number of methoxy groups -OCH3 is 1. The molecule has 2 N–H and O–H groups in total. The molecule has 3 aromatic carbocycles. The topological polar surface area (TPSA) is 63.2 Å². The second kappa shape index (κ2) is 8.83. The fraction of sp³-hybridized carbons (Fsp3) is 0.125. The Hall–Kier alpha value is -3.29. The third-order valence-corrected chi connectivity index (χ3v) is 6.27. The number of rotatable bonds is 4. The van der Waals surface area contributed by atoms with Crippen LogP contribution < -0.4 is 15.4 Å². The normalized spacial score (nSPS) is 10.7. The Morgan fingerprint density at radius 1 is 1.03 bits per heavy atom. The summed E-state index contributed by atoms with van der Waals surface area (Å²) in [6, 6.07) is 19.4. The van der Waals surface area contributed by atoms with E-state index in [9.17, 15) is 4.79 Å². The molecule has 0 saturated carbocycles. The predicted molar refractivity (Wildman–Crippen MR) is 131 cm³/mol. The van der Waals surface area contributed by atoms with Gasteiger partial charge >= 0.3 is 0 Å². The summed E-state index contributed by atoms with van der Waals surface area (Å²) < 4.78 is 6.52. The zero-order chi connectivity index (χ0) is 22.0. The average Bonchev–Trinajstić information content (AvgIpc) is 3.19. The van der Waals surface area contributed by atoms with E-state index in [4.69, 9.17) is 21.9 Å². The minimum absolute atomic E-state index is 0.220. The molecule has 1 amide bonds. The molecule has 0 spiro atoms. The van der Waals surface area contributed by atoms with Crippen LogP contribution in [-0.2, 0) is 0 Å². The molecule has 0 aliphatic heterocycles. The summed E-state index contributed by atoms with van der Waals surface area (Å²) >= 11 is 7.05. The highest BCUT2D eigenvalue weighted by Crippen LogP contribution is 2.34. The van der Waals surface area contributed by atoms with E-state index in [1.807, 2.05) is 62.4 Å². The van der Waals surface area contributed by atoms with Gasteiger partial charge in [0.1, 0.15) is 10.8 Å². The Morgan fingerprint density at radius 3 is 2.58 bits per heavy atom. The number of hydrogen-bond acceptors (Lipinski definition) is 5. The molecule has 0 atom stereocenters. The van der Waals surface area contributed by atoms with Crippen molar-refractivity contribution >= 4 is 50.5 Å². The second-order valence-electron chi connectivity index (χ2n) is 7.03. The van der Waals surface area contributed by atoms with Gasteiger partial charge in [-0.2, -0.15) is 0 Å². The van der Waals surface area contributed by atoms with Crippen molar-refractivity contribution in [3.05, 3.63) is 77.4 Å². The van der Waals surface area contributed by atoms with Crippen molar-refractivity contribution in [3.63, 3.8) is 0 Å². The molecule has 0 aliphatic rings. The minimum Gasteiger partial charge on any atom is -0.496 e. The lowest BCUT2D eigenvalue weighted by molar-refractivity contribution is 0.0974. The molecule has 5 nitrogen and oxygen atoms in total. The van der Waals surface area contributed by atoms with E-state index >= 15 is 0 Å². The number of carbonyl (C=O) groups is 1. The van der Waals surface area contributed by atoms with Crippen molar-refractivity contribution in [2.45, 2.75) is 13.8 Å². The first-order valence-electron chi connectivity index (χ1n) is 9.69. The van der Waals surface area contributed by atoms with Crippen LogP contribution in [0.3, 0.4) is 0 Å². The van der Waals surface area contributed by atoms with Gasteiger partial charge < -0.3 is 10.1 Å². The summed E-state index contributed by atoms with van der Waals surface area (Å²) in [4.78, 5) is 17.5. The van der Waals surface area contributed by atoms with Gasteiger partial charge in [-0.05, 0) is 61.5 Å². The molecule has 0 saturated heterocycles. The molecule has 0 fully saturated rings. The maximum absolute atomic E-state index is 12.7. The number of hydrogen-bond donors (Lipinski definition) is 2. The number of thiocarbonyl (C=S) groups is 1. The highest BCUT2D eigenvalue weighted by atomic mass is 32.1. The first-order valence-corrected chi connectivity index (χ1v) is 10.9. The van der Waals surface area contributed by atoms with Crippen molar-refractivity contribution in [3.8, 4) is 16.3 Å². The van der Waals surface area contributed by atoms with E-state index in [0.29, 0.717) is 11.3 Å². The molecule has 0 bridgehead atoms. The smallest absolute Gasteiger partial charge is 0.261 e. The first-order chi connectivity index (χ1) is 15.0. The maximum atomic E-state index is 12.7. The Balaban J connectivity index is 1.55. The highest BCUT2D eigenvalue weighted by molar-refractivity contribution is 7.80. The summed E-state index contributed by atoms with van der Waals surface area (Å²) in [7, 11) is 1.55. The number of anilines is 1. The number of aromatic nitrogens is 1. The molecule has 156 valence electrons. The van der Waals surface area contributed by atoms with Crippen molar-refractivity contribution < 1.29 is 9.53 Å². The highest BCUT2D eigenvalue weighted by Gasteiger charge is 2.16. The number of fused-ring (bicyclic) bond motifs is 1. The average molecular weight is 448 g/mol. The summed E-state index contributed by atoms with van der Waals surface area (Å²) in [5.74, 6) is 0.217. The molecular weight excluding hydrogens is 426 g/mol. The van der Waals surface area contributed by atoms with Crippen LogP contribution in [-0.4, -0.2) is 23.1 Å². The van der Waals surface area contributed by atoms with Crippen molar-refractivity contribution in [1.29, 1.82) is 0 Å². The maximum Gasteiger partial charge on any atom is 0.261 e. The lowest BCUT2D eigenvalue weighted by Gasteiger charge is -2.15. The molecular formula is C24H21N3O2S2. The predicted octanol–water partition coefficient (Wildman–Crippen LogP) is 5.72. The van der Waals surface area contributed by atoms with Crippen LogP contribution in [0.1, 0.15) is 21.5 Å². The number of nitrogens with one attached hydrogen (secondary N) is 2. The third kappa shape index (κ3) is 4.28. The Kier molecular flexibility index (Phi) is 5.97. The molecule has 1 heterocycles. The van der Waals surface area contributed by atoms with E-state index in [1.54, 1.807) is 24.5 Å². The van der Waals surface area contributed by atoms with Crippen LogP contribution in [0.25, 0.3) is 20.8 Å². The number of thiazole rings is 1. The molecule has 0 radical (unpaired) electrons. The number of nitrogens with zero attached hydrogens (tertiary/aromatic N) is 1. The quantitative estimate of drug-likeness (QED) is 0.392. The van der Waals surface area contributed by atoms with Gasteiger partial charge in [0.2, 0.25) is 0 Å². The Morgan fingerprint density at radius 2 is 1.81 bits per heavy atom. The number of para-hydroxylation sites is 2. The van der Waals surface area contributed by atoms with Gasteiger partial charge in [-0.15, -0.1) is 11.3 Å². The van der Waals surface area contributed by atoms with Gasteiger partial charge in [0.05, 0.1) is 22.9 Å². The van der Waals surface area contributed by atoms with Gasteiger partial charge in [-0.3, -0.25) is 10.1 Å². The van der Waals surface area contributed by atoms with Crippen LogP contribution >= 0.6 is 23.6 Å². The molecule has 7 heteroatoms. The standard InChI is InChI=1S/C24H21N3O2S2/c1-14-8-6-10-17(21(14)29-3)22(28)27-24(30)26-18-12-7-9-16(15(18)2)23-25-19-11-4-5-13-20(19)31-23/h4-13H,1-3H3,(H2,26,27,28,30). The van der Waals surface area contributed by atoms with Crippen LogP contribution in [0.15, 0.2) is 60.7 Å². The van der Waals surface area contributed by atoms with Gasteiger partial charge in [-0.25, -0.2) is 4.98 Å². The second-order valence-corrected chi connectivity index (χ2v) is 8.47. The number of ether oxygens (including phenoxy) is 1. The zero-order valence-corrected chi connectivity index (χ0v) is 19.0. The summed E-state index contributed by atoms with van der Waals surface area (Å²) in [5.41, 5.74) is 5.15. The van der Waals surface area contributed by atoms with Gasteiger partial charge in [0, 0.05) is 11.3 Å². The van der Waals surface area contributed by atoms with E-state index in [-0.39, 0.29) is 11.0 Å². The number of benzene rings is 3. The number of amides is 1. The summed E-state index contributed by atoms with van der Waals surface area (Å²) in [6.07, 6.45) is 0. The molecule has 4 aromatic rings. The van der Waals surface area contributed by atoms with Crippen LogP contribution in [0.4, 0.5) is 5.69 Å². The fourth-order valence-electron chi connectivity index (χ4n) is 3.42. The molecule has 0 unspecified atom stereocenters. The van der Waals surface area contributed by atoms with Gasteiger partial charge in [-0.1, -0.05) is 36.4 Å².